The molecule has 3 rings (SSSR count). The highest BCUT2D eigenvalue weighted by atomic mass is 127. The normalized spacial score (nSPS) is 11.3. The Labute approximate surface area is 181 Å². The summed E-state index contributed by atoms with van der Waals surface area (Å²) in [6, 6.07) is 10.1. The van der Waals surface area contributed by atoms with Crippen LogP contribution in [-0.4, -0.2) is 27.8 Å². The van der Waals surface area contributed by atoms with Gasteiger partial charge in [0.1, 0.15) is 5.01 Å². The zero-order valence-electron chi connectivity index (χ0n) is 15.7. The molecule has 0 aliphatic rings. The number of hydrogen-bond acceptors (Lipinski definition) is 4. The number of aliphatic imine (C=N–C) groups is 1. The van der Waals surface area contributed by atoms with E-state index in [9.17, 15) is 0 Å². The van der Waals surface area contributed by atoms with Crippen LogP contribution < -0.4 is 10.6 Å². The van der Waals surface area contributed by atoms with Gasteiger partial charge in [0, 0.05) is 31.4 Å². The van der Waals surface area contributed by atoms with Crippen molar-refractivity contribution in [2.75, 3.05) is 7.05 Å². The maximum absolute atomic E-state index is 4.64. The lowest BCUT2D eigenvalue weighted by molar-refractivity contribution is 0.778. The van der Waals surface area contributed by atoms with E-state index < -0.39 is 0 Å². The van der Waals surface area contributed by atoms with Crippen molar-refractivity contribution >= 4 is 41.3 Å². The minimum Gasteiger partial charge on any atom is -0.352 e. The second-order valence-electron chi connectivity index (χ2n) is 6.18. The molecule has 0 aliphatic carbocycles. The van der Waals surface area contributed by atoms with Crippen LogP contribution in [0.5, 0.6) is 0 Å². The lowest BCUT2D eigenvalue weighted by Gasteiger charge is -2.13. The van der Waals surface area contributed by atoms with Gasteiger partial charge in [-0.25, -0.2) is 9.67 Å². The zero-order chi connectivity index (χ0) is 18.4. The van der Waals surface area contributed by atoms with E-state index >= 15 is 0 Å². The summed E-state index contributed by atoms with van der Waals surface area (Å²) >= 11 is 1.68. The number of rotatable bonds is 6. The van der Waals surface area contributed by atoms with Gasteiger partial charge in [0.25, 0.3) is 0 Å². The molecule has 0 unspecified atom stereocenters. The van der Waals surface area contributed by atoms with Gasteiger partial charge >= 0.3 is 0 Å². The van der Waals surface area contributed by atoms with Crippen LogP contribution in [0, 0.1) is 0 Å². The summed E-state index contributed by atoms with van der Waals surface area (Å²) in [7, 11) is 1.77. The third-order valence-corrected chi connectivity index (χ3v) is 4.85. The molecule has 0 saturated carbocycles. The molecule has 2 N–H and O–H groups in total. The quantitative estimate of drug-likeness (QED) is 0.308. The molecular weight excluding hydrogens is 471 g/mol. The second kappa shape index (κ2) is 10.4. The van der Waals surface area contributed by atoms with E-state index in [2.05, 4.69) is 57.1 Å². The highest BCUT2D eigenvalue weighted by Gasteiger charge is 2.08. The molecule has 1 aromatic carbocycles. The first-order valence-electron chi connectivity index (χ1n) is 8.64. The molecule has 0 spiro atoms. The third-order valence-electron chi connectivity index (χ3n) is 3.98. The number of para-hydroxylation sites is 1. The summed E-state index contributed by atoms with van der Waals surface area (Å²) in [4.78, 5) is 8.95. The first kappa shape index (κ1) is 21.4. The van der Waals surface area contributed by atoms with E-state index in [1.807, 2.05) is 29.1 Å². The van der Waals surface area contributed by atoms with Crippen molar-refractivity contribution < 1.29 is 0 Å². The number of guanidine groups is 1. The predicted molar refractivity (Wildman–Crippen MR) is 122 cm³/mol. The number of halogens is 1. The number of benzene rings is 1. The number of thiazole rings is 1. The first-order chi connectivity index (χ1) is 12.7. The Kier molecular flexibility index (Phi) is 8.23. The Hall–Kier alpha value is -1.94. The molecule has 0 radical (unpaired) electrons. The van der Waals surface area contributed by atoms with Gasteiger partial charge in [-0.05, 0) is 23.6 Å². The molecule has 0 aliphatic heterocycles. The van der Waals surface area contributed by atoms with Crippen molar-refractivity contribution in [3.05, 3.63) is 64.4 Å². The molecule has 0 fully saturated rings. The molecule has 2 aromatic heterocycles. The fourth-order valence-electron chi connectivity index (χ4n) is 2.53. The summed E-state index contributed by atoms with van der Waals surface area (Å²) in [5.41, 5.74) is 3.35. The van der Waals surface area contributed by atoms with E-state index in [0.29, 0.717) is 19.0 Å². The fourth-order valence-corrected chi connectivity index (χ4v) is 3.42. The molecule has 144 valence electrons. The fraction of sp³-hybridized carbons (Fsp3) is 0.316. The van der Waals surface area contributed by atoms with Crippen molar-refractivity contribution in [1.29, 1.82) is 0 Å². The molecule has 6 nitrogen and oxygen atoms in total. The standard InChI is InChI=1S/C19H24N6S.HI/c1-14(2)16-13-26-18(24-16)12-22-19(20-3)21-11-15-7-4-5-8-17(15)25-10-6-9-23-25;/h4-10,13-14H,11-12H2,1-3H3,(H2,20,21,22);1H. The third kappa shape index (κ3) is 5.77. The van der Waals surface area contributed by atoms with Crippen LogP contribution in [0.25, 0.3) is 5.69 Å². The molecule has 3 aromatic rings. The average Bonchev–Trinajstić information content (AvgIpc) is 3.34. The smallest absolute Gasteiger partial charge is 0.191 e. The van der Waals surface area contributed by atoms with Gasteiger partial charge in [0.05, 0.1) is 17.9 Å². The number of nitrogens with one attached hydrogen (secondary N) is 2. The van der Waals surface area contributed by atoms with Gasteiger partial charge in [0.2, 0.25) is 0 Å². The van der Waals surface area contributed by atoms with E-state index in [1.165, 1.54) is 0 Å². The van der Waals surface area contributed by atoms with Gasteiger partial charge in [-0.15, -0.1) is 35.3 Å². The minimum atomic E-state index is 0. The molecule has 0 atom stereocenters. The Morgan fingerprint density at radius 1 is 1.19 bits per heavy atom. The van der Waals surface area contributed by atoms with Crippen LogP contribution >= 0.6 is 35.3 Å². The SMILES string of the molecule is CN=C(NCc1nc(C(C)C)cs1)NCc1ccccc1-n1cccn1.I. The number of aromatic nitrogens is 3. The molecule has 27 heavy (non-hydrogen) atoms. The summed E-state index contributed by atoms with van der Waals surface area (Å²) in [6.45, 7) is 5.64. The monoisotopic (exact) mass is 496 g/mol. The van der Waals surface area contributed by atoms with Crippen molar-refractivity contribution in [3.8, 4) is 5.69 Å². The Morgan fingerprint density at radius 3 is 2.63 bits per heavy atom. The first-order valence-corrected chi connectivity index (χ1v) is 9.52. The molecule has 0 bridgehead atoms. The lowest BCUT2D eigenvalue weighted by Crippen LogP contribution is -2.36. The highest BCUT2D eigenvalue weighted by molar-refractivity contribution is 14.0. The van der Waals surface area contributed by atoms with Crippen LogP contribution in [0.3, 0.4) is 0 Å². The molecule has 0 saturated heterocycles. The van der Waals surface area contributed by atoms with Crippen LogP contribution in [0.2, 0.25) is 0 Å². The Morgan fingerprint density at radius 2 is 1.96 bits per heavy atom. The largest absolute Gasteiger partial charge is 0.352 e. The van der Waals surface area contributed by atoms with Gasteiger partial charge < -0.3 is 10.6 Å². The lowest BCUT2D eigenvalue weighted by atomic mass is 10.2. The Balaban J connectivity index is 0.00000261. The second-order valence-corrected chi connectivity index (χ2v) is 7.12. The van der Waals surface area contributed by atoms with Crippen molar-refractivity contribution in [3.63, 3.8) is 0 Å². The Bertz CT molecular complexity index is 857. The van der Waals surface area contributed by atoms with E-state index in [4.69, 9.17) is 0 Å². The zero-order valence-corrected chi connectivity index (χ0v) is 18.9. The van der Waals surface area contributed by atoms with Crippen LogP contribution in [0.4, 0.5) is 0 Å². The van der Waals surface area contributed by atoms with Crippen LogP contribution in [0.1, 0.15) is 36.0 Å². The van der Waals surface area contributed by atoms with Gasteiger partial charge in [-0.1, -0.05) is 32.0 Å². The van der Waals surface area contributed by atoms with Crippen molar-refractivity contribution in [1.82, 2.24) is 25.4 Å². The van der Waals surface area contributed by atoms with Crippen LogP contribution in [-0.2, 0) is 13.1 Å². The van der Waals surface area contributed by atoms with E-state index in [0.717, 1.165) is 27.9 Å². The summed E-state index contributed by atoms with van der Waals surface area (Å²) < 4.78 is 1.87. The predicted octanol–water partition coefficient (Wildman–Crippen LogP) is 3.94. The minimum absolute atomic E-state index is 0. The molecule has 8 heteroatoms. The van der Waals surface area contributed by atoms with Crippen molar-refractivity contribution in [2.45, 2.75) is 32.9 Å². The van der Waals surface area contributed by atoms with Crippen LogP contribution in [0.15, 0.2) is 53.1 Å². The number of hydrogen-bond donors (Lipinski definition) is 2. The van der Waals surface area contributed by atoms with Crippen molar-refractivity contribution in [2.24, 2.45) is 4.99 Å². The highest BCUT2D eigenvalue weighted by Crippen LogP contribution is 2.17. The van der Waals surface area contributed by atoms with E-state index in [-0.39, 0.29) is 24.0 Å². The summed E-state index contributed by atoms with van der Waals surface area (Å²) in [5, 5.41) is 14.2. The molecule has 0 amide bonds. The van der Waals surface area contributed by atoms with Gasteiger partial charge in [-0.2, -0.15) is 5.10 Å². The van der Waals surface area contributed by atoms with Gasteiger partial charge in [-0.3, -0.25) is 4.99 Å². The maximum atomic E-state index is 4.64. The molecule has 2 heterocycles. The number of nitrogens with zero attached hydrogens (tertiary/aromatic N) is 4. The molecular formula is C19H25IN6S. The topological polar surface area (TPSA) is 67.1 Å². The average molecular weight is 496 g/mol. The van der Waals surface area contributed by atoms with Gasteiger partial charge in [0.15, 0.2) is 5.96 Å². The summed E-state index contributed by atoms with van der Waals surface area (Å²) in [5.74, 6) is 1.21. The van der Waals surface area contributed by atoms with E-state index in [1.54, 1.807) is 24.6 Å². The summed E-state index contributed by atoms with van der Waals surface area (Å²) in [6.07, 6.45) is 3.73. The maximum Gasteiger partial charge on any atom is 0.191 e.